The number of nitrogens with one attached hydrogen (secondary N) is 1. The average Bonchev–Trinajstić information content (AvgIpc) is 3.15. The van der Waals surface area contributed by atoms with E-state index in [9.17, 15) is 23.9 Å². The van der Waals surface area contributed by atoms with Crippen LogP contribution in [0, 0.1) is 0 Å². The minimum atomic E-state index is -2.94. The number of carbonyl (C=O) groups excluding carboxylic acids is 1. The summed E-state index contributed by atoms with van der Waals surface area (Å²) in [5.41, 5.74) is -0.676. The number of aliphatic hydroxyl groups is 1. The molecule has 0 aliphatic heterocycles. The van der Waals surface area contributed by atoms with E-state index in [4.69, 9.17) is 4.74 Å². The van der Waals surface area contributed by atoms with Crippen LogP contribution in [0.25, 0.3) is 10.9 Å². The van der Waals surface area contributed by atoms with Gasteiger partial charge in [-0.3, -0.25) is 14.7 Å². The van der Waals surface area contributed by atoms with E-state index in [1.807, 2.05) is 17.8 Å². The fourth-order valence-electron chi connectivity index (χ4n) is 4.06. The van der Waals surface area contributed by atoms with Gasteiger partial charge in [0.2, 0.25) is 0 Å². The number of nitrogens with zero attached hydrogens (tertiary/aromatic N) is 3. The van der Waals surface area contributed by atoms with Crippen molar-refractivity contribution in [2.75, 3.05) is 12.4 Å². The normalized spacial score (nSPS) is 21.1. The lowest BCUT2D eigenvalue weighted by molar-refractivity contribution is -0.912. The number of halogens is 2. The smallest absolute Gasteiger partial charge is 0.325 e. The van der Waals surface area contributed by atoms with Gasteiger partial charge in [-0.25, -0.2) is 0 Å². The van der Waals surface area contributed by atoms with Gasteiger partial charge < -0.3 is 15.2 Å². The van der Waals surface area contributed by atoms with Crippen LogP contribution in [-0.2, 0) is 0 Å². The van der Waals surface area contributed by atoms with Gasteiger partial charge in [-0.2, -0.15) is 13.9 Å². The summed E-state index contributed by atoms with van der Waals surface area (Å²) in [6, 6.07) is 7.08. The number of ether oxygens (including phenoxy) is 1. The maximum atomic E-state index is 13.0. The lowest BCUT2D eigenvalue weighted by atomic mass is 9.84. The number of hydrogen-bond acceptors (Lipinski definition) is 5. The highest BCUT2D eigenvalue weighted by atomic mass is 19.3. The second-order valence-electron chi connectivity index (χ2n) is 8.35. The van der Waals surface area contributed by atoms with Crippen molar-refractivity contribution in [3.8, 4) is 5.75 Å². The van der Waals surface area contributed by atoms with Gasteiger partial charge in [0, 0.05) is 34.5 Å². The molecule has 0 spiro atoms. The maximum Gasteiger partial charge on any atom is 0.325 e. The zero-order chi connectivity index (χ0) is 23.0. The number of pyridine rings is 1. The Bertz CT molecular complexity index is 1150. The van der Waals surface area contributed by atoms with Crippen LogP contribution in [0.1, 0.15) is 61.3 Å². The molecule has 0 unspecified atom stereocenters. The molecule has 1 saturated carbocycles. The van der Waals surface area contributed by atoms with Crippen LogP contribution in [0.4, 0.5) is 14.5 Å². The maximum absolute atomic E-state index is 13.0. The average molecular weight is 447 g/mol. The molecule has 1 aromatic carbocycles. The highest BCUT2D eigenvalue weighted by molar-refractivity contribution is 6.04. The molecule has 1 amide bonds. The first-order valence-electron chi connectivity index (χ1n) is 10.3. The van der Waals surface area contributed by atoms with E-state index in [1.165, 1.54) is 19.2 Å². The van der Waals surface area contributed by atoms with Crippen molar-refractivity contribution in [2.24, 2.45) is 0 Å². The molecule has 2 aromatic heterocycles. The van der Waals surface area contributed by atoms with Crippen LogP contribution in [-0.4, -0.2) is 38.7 Å². The molecule has 0 bridgehead atoms. The van der Waals surface area contributed by atoms with Crippen molar-refractivity contribution in [3.05, 3.63) is 47.9 Å². The largest absolute Gasteiger partial charge is 0.494 e. The lowest BCUT2D eigenvalue weighted by Crippen LogP contribution is -2.43. The molecule has 3 N–H and O–H groups in total. The number of methoxy groups -OCH3 is 1. The number of hydrogen-bond donors (Lipinski definition) is 3. The van der Waals surface area contributed by atoms with Crippen LogP contribution >= 0.6 is 0 Å². The number of amides is 1. The predicted molar refractivity (Wildman–Crippen MR) is 111 cm³/mol. The quantitative estimate of drug-likeness (QED) is 0.410. The topological polar surface area (TPSA) is 100 Å². The molecule has 1 aliphatic rings. The molecule has 0 saturated heterocycles. The van der Waals surface area contributed by atoms with E-state index in [-0.39, 0.29) is 16.5 Å². The molecular formula is C22H25F2N4O4+. The van der Waals surface area contributed by atoms with Gasteiger partial charge in [0.1, 0.15) is 5.75 Å². The second kappa shape index (κ2) is 8.34. The Morgan fingerprint density at radius 3 is 2.72 bits per heavy atom. The third-order valence-electron chi connectivity index (χ3n) is 5.95. The molecule has 170 valence electrons. The Hall–Kier alpha value is -3.27. The molecule has 0 atom stereocenters. The molecule has 2 heterocycles. The monoisotopic (exact) mass is 447 g/mol. The summed E-state index contributed by atoms with van der Waals surface area (Å²) < 4.78 is 33.5. The first-order chi connectivity index (χ1) is 15.2. The molecule has 1 aliphatic carbocycles. The zero-order valence-electron chi connectivity index (χ0n) is 17.8. The van der Waals surface area contributed by atoms with Gasteiger partial charge in [-0.1, -0.05) is 0 Å². The van der Waals surface area contributed by atoms with Crippen LogP contribution in [0.2, 0.25) is 0 Å². The van der Waals surface area contributed by atoms with Gasteiger partial charge in [0.15, 0.2) is 0 Å². The Morgan fingerprint density at radius 2 is 2.06 bits per heavy atom. The summed E-state index contributed by atoms with van der Waals surface area (Å²) in [6.45, 7) is 1.84. The Balaban J connectivity index is 1.62. The fraction of sp³-hybridized carbons (Fsp3) is 0.409. The summed E-state index contributed by atoms with van der Waals surface area (Å²) in [7, 11) is 1.45. The summed E-state index contributed by atoms with van der Waals surface area (Å²) in [4.78, 5) is 12.7. The van der Waals surface area contributed by atoms with Crippen LogP contribution < -0.4 is 14.8 Å². The molecule has 0 radical (unpaired) electrons. The first-order valence-corrected chi connectivity index (χ1v) is 10.3. The number of fused-ring (bicyclic) bond motifs is 1. The van der Waals surface area contributed by atoms with Crippen molar-refractivity contribution < 1.29 is 33.4 Å². The minimum absolute atomic E-state index is 0.164. The van der Waals surface area contributed by atoms with Crippen molar-refractivity contribution in [1.82, 2.24) is 9.78 Å². The van der Waals surface area contributed by atoms with Gasteiger partial charge in [-0.15, -0.1) is 0 Å². The van der Waals surface area contributed by atoms with Gasteiger partial charge in [0.25, 0.3) is 0 Å². The lowest BCUT2D eigenvalue weighted by Gasteiger charge is -2.33. The minimum Gasteiger partial charge on any atom is -0.494 e. The van der Waals surface area contributed by atoms with Crippen LogP contribution in [0.3, 0.4) is 0 Å². The van der Waals surface area contributed by atoms with E-state index in [0.717, 1.165) is 24.3 Å². The van der Waals surface area contributed by atoms with Crippen molar-refractivity contribution in [1.29, 1.82) is 0 Å². The summed E-state index contributed by atoms with van der Waals surface area (Å²) in [6.07, 6.45) is 1.93. The highest BCUT2D eigenvalue weighted by Gasteiger charge is 2.31. The molecular weight excluding hydrogens is 422 g/mol. The predicted octanol–water partition coefficient (Wildman–Crippen LogP) is 3.63. The number of anilines is 1. The van der Waals surface area contributed by atoms with Crippen molar-refractivity contribution in [3.63, 3.8) is 0 Å². The van der Waals surface area contributed by atoms with Crippen molar-refractivity contribution >= 4 is 22.5 Å². The van der Waals surface area contributed by atoms with E-state index >= 15 is 0 Å². The number of benzene rings is 1. The number of aromatic nitrogens is 3. The molecule has 1 fully saturated rings. The molecule has 32 heavy (non-hydrogen) atoms. The van der Waals surface area contributed by atoms with Crippen LogP contribution in [0.5, 0.6) is 5.75 Å². The van der Waals surface area contributed by atoms with Gasteiger partial charge in [-0.05, 0) is 44.7 Å². The second-order valence-corrected chi connectivity index (χ2v) is 8.35. The summed E-state index contributed by atoms with van der Waals surface area (Å²) in [5, 5.41) is 28.2. The van der Waals surface area contributed by atoms with E-state index < -0.39 is 23.6 Å². The van der Waals surface area contributed by atoms with Crippen molar-refractivity contribution in [2.45, 2.75) is 50.7 Å². The third-order valence-corrected chi connectivity index (χ3v) is 5.95. The van der Waals surface area contributed by atoms with E-state index in [0.29, 0.717) is 29.8 Å². The molecule has 3 aromatic rings. The number of rotatable bonds is 5. The third kappa shape index (κ3) is 4.22. The Labute approximate surface area is 183 Å². The molecule has 10 heteroatoms. The standard InChI is InChI=1S/C22H24F2N4O4/c1-22(30)8-6-14(7-9-22)27-12-13-10-16(19(32-2)11-15(13)26-27)25-21(29)18-5-3-4-17(20(23)24)28(18)31/h3-5,10-12,14,20,30H,6-9H2,1-2H3,(H-,25,29,31)/p+1/t14-,22-. The fourth-order valence-corrected chi connectivity index (χ4v) is 4.06. The first kappa shape index (κ1) is 21.9. The molecule has 4 rings (SSSR count). The van der Waals surface area contributed by atoms with Crippen LogP contribution in [0.15, 0.2) is 36.5 Å². The van der Waals surface area contributed by atoms with E-state index in [2.05, 4.69) is 10.4 Å². The zero-order valence-corrected chi connectivity index (χ0v) is 17.8. The number of carbonyl (C=O) groups is 1. The van der Waals surface area contributed by atoms with Gasteiger partial charge in [0.05, 0.1) is 30.0 Å². The summed E-state index contributed by atoms with van der Waals surface area (Å²) in [5.74, 6) is -0.424. The highest BCUT2D eigenvalue weighted by Crippen LogP contribution is 2.36. The summed E-state index contributed by atoms with van der Waals surface area (Å²) >= 11 is 0. The number of alkyl halides is 2. The Morgan fingerprint density at radius 1 is 1.34 bits per heavy atom. The Kier molecular flexibility index (Phi) is 5.72. The van der Waals surface area contributed by atoms with Gasteiger partial charge >= 0.3 is 23.7 Å². The SMILES string of the molecule is COc1cc2nn([C@H]3CC[C@](C)(O)CC3)cc2cc1NC(=O)c1cccc(C(F)F)[n+]1O. The van der Waals surface area contributed by atoms with E-state index in [1.54, 1.807) is 12.1 Å². The molecule has 8 nitrogen and oxygen atoms in total.